The maximum absolute atomic E-state index is 14.4. The summed E-state index contributed by atoms with van der Waals surface area (Å²) < 4.78 is 41.1. The van der Waals surface area contributed by atoms with Crippen molar-refractivity contribution in [2.45, 2.75) is 18.9 Å². The van der Waals surface area contributed by atoms with E-state index in [4.69, 9.17) is 0 Å². The lowest BCUT2D eigenvalue weighted by Crippen LogP contribution is -2.42. The molecule has 0 bridgehead atoms. The summed E-state index contributed by atoms with van der Waals surface area (Å²) in [5.74, 6) is -2.81. The van der Waals surface area contributed by atoms with Crippen LogP contribution in [0.15, 0.2) is 36.4 Å². The molecule has 1 fully saturated rings. The predicted molar refractivity (Wildman–Crippen MR) is 99.6 cm³/mol. The topological polar surface area (TPSA) is 35.6 Å². The van der Waals surface area contributed by atoms with E-state index in [1.807, 2.05) is 11.9 Å². The van der Waals surface area contributed by atoms with Crippen LogP contribution in [-0.4, -0.2) is 44.0 Å². The molecule has 1 aliphatic rings. The summed E-state index contributed by atoms with van der Waals surface area (Å²) in [6, 6.07) is 7.18. The number of hydrogen-bond donors (Lipinski definition) is 1. The van der Waals surface area contributed by atoms with Crippen LogP contribution in [0.5, 0.6) is 0 Å². The monoisotopic (exact) mass is 377 g/mol. The first-order chi connectivity index (χ1) is 12.8. The second-order valence-corrected chi connectivity index (χ2v) is 6.89. The Morgan fingerprint density at radius 3 is 2.44 bits per heavy atom. The van der Waals surface area contributed by atoms with Gasteiger partial charge in [0.05, 0.1) is 11.3 Å². The lowest BCUT2D eigenvalue weighted by atomic mass is 10.0. The maximum atomic E-state index is 14.4. The Kier molecular flexibility index (Phi) is 5.70. The van der Waals surface area contributed by atoms with Gasteiger partial charge in [0.15, 0.2) is 0 Å². The highest BCUT2D eigenvalue weighted by Crippen LogP contribution is 2.27. The van der Waals surface area contributed by atoms with Crippen molar-refractivity contribution in [3.8, 4) is 0 Å². The SMILES string of the molecule is CN1CCC(N(C)c2cc(NC(=O)c3ccc(F)cc3F)ccc2F)CC1. The van der Waals surface area contributed by atoms with Crippen LogP contribution in [0.3, 0.4) is 0 Å². The van der Waals surface area contributed by atoms with Crippen molar-refractivity contribution >= 4 is 17.3 Å². The zero-order valence-corrected chi connectivity index (χ0v) is 15.3. The Morgan fingerprint density at radius 1 is 1.07 bits per heavy atom. The van der Waals surface area contributed by atoms with E-state index in [0.717, 1.165) is 38.1 Å². The number of nitrogens with zero attached hydrogens (tertiary/aromatic N) is 2. The minimum Gasteiger partial charge on any atom is -0.369 e. The summed E-state index contributed by atoms with van der Waals surface area (Å²) in [5.41, 5.74) is 0.452. The average molecular weight is 377 g/mol. The number of likely N-dealkylation sites (tertiary alicyclic amines) is 1. The van der Waals surface area contributed by atoms with Crippen LogP contribution in [0.2, 0.25) is 0 Å². The molecule has 1 N–H and O–H groups in total. The number of nitrogens with one attached hydrogen (secondary N) is 1. The molecule has 0 atom stereocenters. The number of carbonyl (C=O) groups is 1. The van der Waals surface area contributed by atoms with Gasteiger partial charge in [-0.2, -0.15) is 0 Å². The summed E-state index contributed by atoms with van der Waals surface area (Å²) in [6.45, 7) is 1.88. The van der Waals surface area contributed by atoms with Gasteiger partial charge in [-0.05, 0) is 63.3 Å². The van der Waals surface area contributed by atoms with Crippen LogP contribution in [0, 0.1) is 17.5 Å². The Bertz CT molecular complexity index is 835. The number of benzene rings is 2. The van der Waals surface area contributed by atoms with Crippen molar-refractivity contribution in [1.82, 2.24) is 4.90 Å². The van der Waals surface area contributed by atoms with E-state index < -0.39 is 17.5 Å². The zero-order valence-electron chi connectivity index (χ0n) is 15.3. The molecule has 144 valence electrons. The van der Waals surface area contributed by atoms with E-state index in [-0.39, 0.29) is 17.4 Å². The number of halogens is 3. The minimum atomic E-state index is -0.946. The van der Waals surface area contributed by atoms with E-state index in [1.165, 1.54) is 18.2 Å². The van der Waals surface area contributed by atoms with Gasteiger partial charge in [-0.25, -0.2) is 13.2 Å². The van der Waals surface area contributed by atoms with Gasteiger partial charge in [0.2, 0.25) is 0 Å². The molecule has 0 saturated carbocycles. The predicted octanol–water partition coefficient (Wildman–Crippen LogP) is 3.89. The van der Waals surface area contributed by atoms with Crippen LogP contribution < -0.4 is 10.2 Å². The molecule has 7 heteroatoms. The normalized spacial score (nSPS) is 15.6. The molecule has 0 aliphatic carbocycles. The molecule has 3 rings (SSSR count). The van der Waals surface area contributed by atoms with Gasteiger partial charge in [-0.3, -0.25) is 4.79 Å². The first-order valence-corrected chi connectivity index (χ1v) is 8.82. The van der Waals surface area contributed by atoms with Crippen molar-refractivity contribution in [3.05, 3.63) is 59.4 Å². The highest BCUT2D eigenvalue weighted by atomic mass is 19.1. The lowest BCUT2D eigenvalue weighted by molar-refractivity contribution is 0.102. The summed E-state index contributed by atoms with van der Waals surface area (Å²) in [6.07, 6.45) is 1.84. The van der Waals surface area contributed by atoms with Crippen molar-refractivity contribution in [2.75, 3.05) is 37.4 Å². The molecule has 0 radical (unpaired) electrons. The van der Waals surface area contributed by atoms with Crippen molar-refractivity contribution in [3.63, 3.8) is 0 Å². The number of anilines is 2. The number of amides is 1. The number of piperidine rings is 1. The van der Waals surface area contributed by atoms with Crippen LogP contribution in [0.1, 0.15) is 23.2 Å². The fraction of sp³-hybridized carbons (Fsp3) is 0.350. The Labute approximate surface area is 156 Å². The van der Waals surface area contributed by atoms with Gasteiger partial charge in [-0.15, -0.1) is 0 Å². The van der Waals surface area contributed by atoms with Gasteiger partial charge in [0.25, 0.3) is 5.91 Å². The molecule has 1 amide bonds. The molecule has 2 aromatic carbocycles. The third kappa shape index (κ3) is 4.42. The van der Waals surface area contributed by atoms with Gasteiger partial charge in [0, 0.05) is 24.8 Å². The molecule has 4 nitrogen and oxygen atoms in total. The van der Waals surface area contributed by atoms with Crippen LogP contribution >= 0.6 is 0 Å². The number of carbonyl (C=O) groups excluding carboxylic acids is 1. The second-order valence-electron chi connectivity index (χ2n) is 6.89. The summed E-state index contributed by atoms with van der Waals surface area (Å²) >= 11 is 0. The molecular weight excluding hydrogens is 355 g/mol. The summed E-state index contributed by atoms with van der Waals surface area (Å²) in [5, 5.41) is 2.55. The van der Waals surface area contributed by atoms with Gasteiger partial charge in [-0.1, -0.05) is 0 Å². The molecule has 0 aromatic heterocycles. The average Bonchev–Trinajstić information content (AvgIpc) is 2.63. The van der Waals surface area contributed by atoms with Gasteiger partial charge >= 0.3 is 0 Å². The molecule has 0 spiro atoms. The lowest BCUT2D eigenvalue weighted by Gasteiger charge is -2.36. The minimum absolute atomic E-state index is 0.205. The van der Waals surface area contributed by atoms with Crippen LogP contribution in [0.25, 0.3) is 0 Å². The standard InChI is InChI=1S/C20H22F3N3O/c1-25-9-7-15(8-10-25)26(2)19-12-14(4-6-17(19)22)24-20(27)16-5-3-13(21)11-18(16)23/h3-6,11-12,15H,7-10H2,1-2H3,(H,24,27). The first kappa shape index (κ1) is 19.2. The Balaban J connectivity index is 1.77. The maximum Gasteiger partial charge on any atom is 0.258 e. The molecule has 1 aliphatic heterocycles. The van der Waals surface area contributed by atoms with Gasteiger partial charge < -0.3 is 15.1 Å². The van der Waals surface area contributed by atoms with E-state index in [0.29, 0.717) is 17.4 Å². The summed E-state index contributed by atoms with van der Waals surface area (Å²) in [7, 11) is 3.89. The first-order valence-electron chi connectivity index (χ1n) is 8.82. The van der Waals surface area contributed by atoms with Crippen molar-refractivity contribution in [1.29, 1.82) is 0 Å². The Morgan fingerprint density at radius 2 is 1.78 bits per heavy atom. The Hall–Kier alpha value is -2.54. The number of hydrogen-bond acceptors (Lipinski definition) is 3. The van der Waals surface area contributed by atoms with E-state index >= 15 is 0 Å². The highest BCUT2D eigenvalue weighted by molar-refractivity contribution is 6.04. The van der Waals surface area contributed by atoms with E-state index in [9.17, 15) is 18.0 Å². The molecule has 1 saturated heterocycles. The second kappa shape index (κ2) is 8.00. The largest absolute Gasteiger partial charge is 0.369 e. The van der Waals surface area contributed by atoms with E-state index in [1.54, 1.807) is 0 Å². The van der Waals surface area contributed by atoms with E-state index in [2.05, 4.69) is 17.3 Å². The summed E-state index contributed by atoms with van der Waals surface area (Å²) in [4.78, 5) is 16.4. The van der Waals surface area contributed by atoms with Crippen LogP contribution in [0.4, 0.5) is 24.5 Å². The highest BCUT2D eigenvalue weighted by Gasteiger charge is 2.23. The third-order valence-corrected chi connectivity index (χ3v) is 5.00. The third-order valence-electron chi connectivity index (χ3n) is 5.00. The molecular formula is C20H22F3N3O. The quantitative estimate of drug-likeness (QED) is 0.878. The molecule has 0 unspecified atom stereocenters. The van der Waals surface area contributed by atoms with Crippen LogP contribution in [-0.2, 0) is 0 Å². The smallest absolute Gasteiger partial charge is 0.258 e. The molecule has 27 heavy (non-hydrogen) atoms. The molecule has 1 heterocycles. The van der Waals surface area contributed by atoms with Crippen molar-refractivity contribution < 1.29 is 18.0 Å². The fourth-order valence-corrected chi connectivity index (χ4v) is 3.31. The zero-order chi connectivity index (χ0) is 19.6. The van der Waals surface area contributed by atoms with Gasteiger partial charge in [0.1, 0.15) is 17.5 Å². The fourth-order valence-electron chi connectivity index (χ4n) is 3.31. The number of rotatable bonds is 4. The van der Waals surface area contributed by atoms with Crippen molar-refractivity contribution in [2.24, 2.45) is 0 Å². The molecule has 2 aromatic rings.